The van der Waals surface area contributed by atoms with E-state index in [-0.39, 0.29) is 5.75 Å². The molecule has 0 unspecified atom stereocenters. The van der Waals surface area contributed by atoms with Gasteiger partial charge in [-0.25, -0.2) is 19.0 Å². The van der Waals surface area contributed by atoms with E-state index in [0.29, 0.717) is 57.0 Å². The summed E-state index contributed by atoms with van der Waals surface area (Å²) in [5.74, 6) is 1.27. The Labute approximate surface area is 196 Å². The number of rotatable bonds is 8. The summed E-state index contributed by atoms with van der Waals surface area (Å²) in [6.07, 6.45) is 1.22. The number of hydrogen-bond acceptors (Lipinski definition) is 8. The quantitative estimate of drug-likeness (QED) is 0.462. The maximum absolute atomic E-state index is 12.6. The van der Waals surface area contributed by atoms with Crippen molar-refractivity contribution in [1.82, 2.24) is 9.97 Å². The van der Waals surface area contributed by atoms with E-state index in [9.17, 15) is 14.1 Å². The van der Waals surface area contributed by atoms with E-state index in [0.717, 1.165) is 6.42 Å². The van der Waals surface area contributed by atoms with Gasteiger partial charge in [-0.2, -0.15) is 4.36 Å². The Morgan fingerprint density at radius 3 is 2.73 bits per heavy atom. The van der Waals surface area contributed by atoms with Crippen LogP contribution in [-0.4, -0.2) is 49.5 Å². The van der Waals surface area contributed by atoms with Gasteiger partial charge in [0.25, 0.3) is 0 Å². The Morgan fingerprint density at radius 1 is 1.27 bits per heavy atom. The van der Waals surface area contributed by atoms with Gasteiger partial charge in [0.2, 0.25) is 0 Å². The van der Waals surface area contributed by atoms with Crippen LogP contribution in [0.2, 0.25) is 5.02 Å². The van der Waals surface area contributed by atoms with Crippen LogP contribution in [0.25, 0.3) is 10.9 Å². The minimum Gasteiger partial charge on any atom is -0.493 e. The normalized spacial score (nSPS) is 15.4. The number of aliphatic carboxylic acids is 1. The highest BCUT2D eigenvalue weighted by atomic mass is 35.5. The molecule has 1 aliphatic heterocycles. The fraction of sp³-hybridized carbons (Fsp3) is 0.318. The highest BCUT2D eigenvalue weighted by molar-refractivity contribution is 7.95. The summed E-state index contributed by atoms with van der Waals surface area (Å²) in [6.45, 7) is 3.68. The molecule has 0 amide bonds. The van der Waals surface area contributed by atoms with Crippen LogP contribution in [0.1, 0.15) is 20.3 Å². The molecule has 1 fully saturated rings. The van der Waals surface area contributed by atoms with Gasteiger partial charge in [0.1, 0.15) is 23.6 Å². The first kappa shape index (κ1) is 23.1. The monoisotopic (exact) mass is 490 g/mol. The second-order valence-corrected chi connectivity index (χ2v) is 10.5. The zero-order chi connectivity index (χ0) is 23.6. The standard InChI is InChI=1S/C22H23ClN4O5S/c1-3-31-19-11-15(27-33(30)7-4-8-33)10-17-20(19)21(25-12-24-17)26-16-6-5-14(23)9-18(16)32-13(2)22(28)29/h5-6,9-13H,3-4,7-8H2,1-2H3,(H,28,29)(H,24,25,26)/t13-/m1/s1. The summed E-state index contributed by atoms with van der Waals surface area (Å²) in [7, 11) is -2.20. The SMILES string of the molecule is CCOc1cc(N=S2(=O)CCC2)cc2ncnc(Nc3ccc(Cl)cc3O[C@H](C)C(=O)O)c12. The Hall–Kier alpha value is -3.11. The zero-order valence-electron chi connectivity index (χ0n) is 18.1. The minimum absolute atomic E-state index is 0.260. The second kappa shape index (κ2) is 9.40. The lowest BCUT2D eigenvalue weighted by Crippen LogP contribution is -2.23. The van der Waals surface area contributed by atoms with Gasteiger partial charge in [-0.1, -0.05) is 11.6 Å². The van der Waals surface area contributed by atoms with Crippen LogP contribution in [0.3, 0.4) is 0 Å². The number of benzene rings is 2. The van der Waals surface area contributed by atoms with Crippen molar-refractivity contribution in [2.45, 2.75) is 26.4 Å². The van der Waals surface area contributed by atoms with Crippen LogP contribution in [0.5, 0.6) is 11.5 Å². The lowest BCUT2D eigenvalue weighted by Gasteiger charge is -2.19. The first-order chi connectivity index (χ1) is 15.8. The number of anilines is 2. The summed E-state index contributed by atoms with van der Waals surface area (Å²) in [5, 5.41) is 13.4. The molecule has 33 heavy (non-hydrogen) atoms. The zero-order valence-corrected chi connectivity index (χ0v) is 19.7. The molecule has 0 aliphatic carbocycles. The molecule has 0 spiro atoms. The van der Waals surface area contributed by atoms with Crippen molar-refractivity contribution in [1.29, 1.82) is 0 Å². The fourth-order valence-corrected chi connectivity index (χ4v) is 4.91. The number of fused-ring (bicyclic) bond motifs is 1. The van der Waals surface area contributed by atoms with Gasteiger partial charge < -0.3 is 19.9 Å². The second-order valence-electron chi connectivity index (χ2n) is 7.48. The van der Waals surface area contributed by atoms with E-state index in [1.165, 1.54) is 19.3 Å². The topological polar surface area (TPSA) is 123 Å². The van der Waals surface area contributed by atoms with Gasteiger partial charge in [0, 0.05) is 28.7 Å². The first-order valence-electron chi connectivity index (χ1n) is 10.4. The number of ether oxygens (including phenoxy) is 2. The molecule has 1 aliphatic rings. The maximum Gasteiger partial charge on any atom is 0.344 e. The molecule has 2 heterocycles. The molecular formula is C22H23ClN4O5S. The number of aromatic nitrogens is 2. The molecule has 1 saturated heterocycles. The van der Waals surface area contributed by atoms with Crippen molar-refractivity contribution >= 4 is 55.4 Å². The smallest absolute Gasteiger partial charge is 0.344 e. The van der Waals surface area contributed by atoms with Gasteiger partial charge in [0.15, 0.2) is 6.10 Å². The molecule has 0 saturated carbocycles. The van der Waals surface area contributed by atoms with Gasteiger partial charge in [-0.05, 0) is 38.5 Å². The number of carbonyl (C=O) groups is 1. The molecule has 174 valence electrons. The first-order valence-corrected chi connectivity index (χ1v) is 12.6. The summed E-state index contributed by atoms with van der Waals surface area (Å²) >= 11 is 6.10. The highest BCUT2D eigenvalue weighted by Gasteiger charge is 2.21. The third-order valence-electron chi connectivity index (χ3n) is 5.03. The van der Waals surface area contributed by atoms with Crippen molar-refractivity contribution in [3.63, 3.8) is 0 Å². The van der Waals surface area contributed by atoms with Crippen LogP contribution in [-0.2, 0) is 14.5 Å². The van der Waals surface area contributed by atoms with E-state index >= 15 is 0 Å². The van der Waals surface area contributed by atoms with Crippen molar-refractivity contribution in [2.24, 2.45) is 4.36 Å². The predicted molar refractivity (Wildman–Crippen MR) is 128 cm³/mol. The molecule has 1 aromatic heterocycles. The number of carboxylic acid groups (broad SMARTS) is 1. The van der Waals surface area contributed by atoms with Crippen LogP contribution in [0, 0.1) is 0 Å². The van der Waals surface area contributed by atoms with E-state index in [1.54, 1.807) is 24.3 Å². The molecular weight excluding hydrogens is 468 g/mol. The molecule has 11 heteroatoms. The van der Waals surface area contributed by atoms with Gasteiger partial charge in [0.05, 0.1) is 38.6 Å². The summed E-state index contributed by atoms with van der Waals surface area (Å²) in [6, 6.07) is 8.34. The summed E-state index contributed by atoms with van der Waals surface area (Å²) in [4.78, 5) is 20.0. The van der Waals surface area contributed by atoms with Crippen molar-refractivity contribution in [3.05, 3.63) is 41.7 Å². The average Bonchev–Trinajstić information content (AvgIpc) is 2.74. The Bertz CT molecular complexity index is 1330. The van der Waals surface area contributed by atoms with Gasteiger partial charge >= 0.3 is 5.97 Å². The van der Waals surface area contributed by atoms with Crippen LogP contribution < -0.4 is 14.8 Å². The lowest BCUT2D eigenvalue weighted by molar-refractivity contribution is -0.144. The lowest BCUT2D eigenvalue weighted by atomic mass is 10.2. The van der Waals surface area contributed by atoms with E-state index in [2.05, 4.69) is 19.6 Å². The van der Waals surface area contributed by atoms with E-state index in [4.69, 9.17) is 21.1 Å². The van der Waals surface area contributed by atoms with Crippen LogP contribution in [0.4, 0.5) is 17.2 Å². The summed E-state index contributed by atoms with van der Waals surface area (Å²) in [5.41, 5.74) is 1.59. The van der Waals surface area contributed by atoms with Crippen LogP contribution in [0.15, 0.2) is 41.0 Å². The van der Waals surface area contributed by atoms with E-state index < -0.39 is 21.8 Å². The number of halogens is 1. The third kappa shape index (κ3) is 5.12. The third-order valence-corrected chi connectivity index (χ3v) is 7.66. The molecule has 0 bridgehead atoms. The largest absolute Gasteiger partial charge is 0.493 e. The van der Waals surface area contributed by atoms with Crippen molar-refractivity contribution in [3.8, 4) is 11.5 Å². The maximum atomic E-state index is 12.6. The molecule has 1 atom stereocenters. The van der Waals surface area contributed by atoms with Crippen molar-refractivity contribution < 1.29 is 23.6 Å². The molecule has 2 N–H and O–H groups in total. The number of hydrogen-bond donors (Lipinski definition) is 2. The minimum atomic E-state index is -2.20. The molecule has 3 aromatic rings. The fourth-order valence-electron chi connectivity index (χ4n) is 3.30. The number of nitrogens with zero attached hydrogens (tertiary/aromatic N) is 3. The van der Waals surface area contributed by atoms with Crippen LogP contribution >= 0.6 is 11.6 Å². The predicted octanol–water partition coefficient (Wildman–Crippen LogP) is 4.78. The highest BCUT2D eigenvalue weighted by Crippen LogP contribution is 2.38. The Kier molecular flexibility index (Phi) is 6.57. The number of nitrogens with one attached hydrogen (secondary N) is 1. The summed E-state index contributed by atoms with van der Waals surface area (Å²) < 4.78 is 28.5. The van der Waals surface area contributed by atoms with Crippen molar-refractivity contribution in [2.75, 3.05) is 23.4 Å². The Balaban J connectivity index is 1.78. The molecule has 4 rings (SSSR count). The molecule has 0 radical (unpaired) electrons. The molecule has 2 aromatic carbocycles. The average molecular weight is 491 g/mol. The number of carboxylic acids is 1. The molecule has 9 nitrogen and oxygen atoms in total. The van der Waals surface area contributed by atoms with Gasteiger partial charge in [-0.3, -0.25) is 0 Å². The van der Waals surface area contributed by atoms with E-state index in [1.807, 2.05) is 6.92 Å². The van der Waals surface area contributed by atoms with Gasteiger partial charge in [-0.15, -0.1) is 0 Å². The Morgan fingerprint density at radius 2 is 2.06 bits per heavy atom.